The Hall–Kier alpha value is -2.44. The summed E-state index contributed by atoms with van der Waals surface area (Å²) < 4.78 is 5.70. The molecule has 0 bridgehead atoms. The zero-order chi connectivity index (χ0) is 18.7. The number of rotatable bonds is 6. The van der Waals surface area contributed by atoms with Crippen molar-refractivity contribution in [1.82, 2.24) is 0 Å². The summed E-state index contributed by atoms with van der Waals surface area (Å²) in [5.41, 5.74) is 5.56. The lowest BCUT2D eigenvalue weighted by Crippen LogP contribution is -2.06. The number of hydrogen-bond donors (Lipinski definition) is 0. The molecular formula is C23H23NOS. The molecule has 3 rings (SSSR count). The van der Waals surface area contributed by atoms with Crippen molar-refractivity contribution in [3.63, 3.8) is 0 Å². The van der Waals surface area contributed by atoms with Gasteiger partial charge in [0.05, 0.1) is 11.7 Å². The van der Waals surface area contributed by atoms with Gasteiger partial charge in [-0.3, -0.25) is 0 Å². The molecule has 26 heavy (non-hydrogen) atoms. The van der Waals surface area contributed by atoms with Crippen LogP contribution >= 0.6 is 11.8 Å². The molecule has 0 aliphatic heterocycles. The Morgan fingerprint density at radius 3 is 2.69 bits per heavy atom. The van der Waals surface area contributed by atoms with E-state index in [0.29, 0.717) is 11.3 Å². The highest BCUT2D eigenvalue weighted by molar-refractivity contribution is 8.16. The lowest BCUT2D eigenvalue weighted by Gasteiger charge is -2.15. The summed E-state index contributed by atoms with van der Waals surface area (Å²) in [6.07, 6.45) is 3.53. The van der Waals surface area contributed by atoms with Gasteiger partial charge in [-0.25, -0.2) is 0 Å². The standard InChI is InChI=1S/C23H23NOS/c1-15(2)25-23-12-11-19(13-20(23)14-24)16(3)26-17(4)21-9-5-7-18-8-6-10-22(18)21/h5,7,9,11-13,15H,3-4,6,8,10H2,1-2H3. The molecule has 1 aliphatic rings. The normalized spacial score (nSPS) is 12.5. The number of nitriles is 1. The molecule has 132 valence electrons. The quantitative estimate of drug-likeness (QED) is 0.613. The Bertz CT molecular complexity index is 905. The fourth-order valence-corrected chi connectivity index (χ4v) is 4.13. The summed E-state index contributed by atoms with van der Waals surface area (Å²) in [6.45, 7) is 12.4. The summed E-state index contributed by atoms with van der Waals surface area (Å²) >= 11 is 1.57. The van der Waals surface area contributed by atoms with Gasteiger partial charge in [0.25, 0.3) is 0 Å². The summed E-state index contributed by atoms with van der Waals surface area (Å²) in [5, 5.41) is 9.42. The SMILES string of the molecule is C=C(SC(=C)c1cccc2c1CCC2)c1ccc(OC(C)C)c(C#N)c1. The van der Waals surface area contributed by atoms with Crippen LogP contribution in [0.4, 0.5) is 0 Å². The van der Waals surface area contributed by atoms with Crippen molar-refractivity contribution < 1.29 is 4.74 Å². The van der Waals surface area contributed by atoms with Gasteiger partial charge < -0.3 is 4.74 Å². The first-order valence-electron chi connectivity index (χ1n) is 8.87. The van der Waals surface area contributed by atoms with E-state index in [4.69, 9.17) is 4.74 Å². The molecule has 0 fully saturated rings. The summed E-state index contributed by atoms with van der Waals surface area (Å²) in [6, 6.07) is 14.3. The molecule has 0 aromatic heterocycles. The molecule has 0 heterocycles. The summed E-state index contributed by atoms with van der Waals surface area (Å²) in [7, 11) is 0. The minimum absolute atomic E-state index is 0.0329. The summed E-state index contributed by atoms with van der Waals surface area (Å²) in [4.78, 5) is 1.90. The van der Waals surface area contributed by atoms with Crippen molar-refractivity contribution in [3.05, 3.63) is 77.4 Å². The molecule has 0 saturated heterocycles. The minimum Gasteiger partial charge on any atom is -0.490 e. The molecule has 2 aromatic carbocycles. The van der Waals surface area contributed by atoms with E-state index in [0.717, 1.165) is 28.2 Å². The lowest BCUT2D eigenvalue weighted by molar-refractivity contribution is 0.241. The maximum Gasteiger partial charge on any atom is 0.137 e. The largest absolute Gasteiger partial charge is 0.490 e. The van der Waals surface area contributed by atoms with Crippen molar-refractivity contribution in [2.45, 2.75) is 39.2 Å². The summed E-state index contributed by atoms with van der Waals surface area (Å²) in [5.74, 6) is 0.615. The fourth-order valence-electron chi connectivity index (χ4n) is 3.29. The van der Waals surface area contributed by atoms with Crippen molar-refractivity contribution in [3.8, 4) is 11.8 Å². The Labute approximate surface area is 160 Å². The maximum atomic E-state index is 9.42. The predicted molar refractivity (Wildman–Crippen MR) is 111 cm³/mol. The topological polar surface area (TPSA) is 33.0 Å². The number of hydrogen-bond acceptors (Lipinski definition) is 3. The number of thioether (sulfide) groups is 1. The van der Waals surface area contributed by atoms with E-state index >= 15 is 0 Å². The number of nitrogens with zero attached hydrogens (tertiary/aromatic N) is 1. The number of ether oxygens (including phenoxy) is 1. The third-order valence-corrected chi connectivity index (χ3v) is 5.43. The number of fused-ring (bicyclic) bond motifs is 1. The molecule has 1 aliphatic carbocycles. The van der Waals surface area contributed by atoms with E-state index in [1.807, 2.05) is 32.0 Å². The van der Waals surface area contributed by atoms with Crippen LogP contribution in [0.2, 0.25) is 0 Å². The Morgan fingerprint density at radius 2 is 1.96 bits per heavy atom. The van der Waals surface area contributed by atoms with Crippen LogP contribution in [-0.4, -0.2) is 6.10 Å². The number of benzene rings is 2. The van der Waals surface area contributed by atoms with Crippen molar-refractivity contribution >= 4 is 21.6 Å². The third kappa shape index (κ3) is 3.86. The first kappa shape index (κ1) is 18.4. The van der Waals surface area contributed by atoms with Gasteiger partial charge in [0.1, 0.15) is 11.8 Å². The fraction of sp³-hybridized carbons (Fsp3) is 0.261. The molecular weight excluding hydrogens is 338 g/mol. The average Bonchev–Trinajstić information content (AvgIpc) is 3.10. The molecule has 0 unspecified atom stereocenters. The second-order valence-corrected chi connectivity index (χ2v) is 7.92. The smallest absolute Gasteiger partial charge is 0.137 e. The predicted octanol–water partition coefficient (Wildman–Crippen LogP) is 6.21. The van der Waals surface area contributed by atoms with E-state index in [1.54, 1.807) is 11.8 Å². The zero-order valence-corrected chi connectivity index (χ0v) is 16.2. The Morgan fingerprint density at radius 1 is 1.15 bits per heavy atom. The van der Waals surface area contributed by atoms with Gasteiger partial charge >= 0.3 is 0 Å². The highest BCUT2D eigenvalue weighted by Crippen LogP contribution is 2.41. The van der Waals surface area contributed by atoms with Gasteiger partial charge in [0.15, 0.2) is 0 Å². The van der Waals surface area contributed by atoms with Gasteiger partial charge in [0, 0.05) is 9.81 Å². The number of aryl methyl sites for hydroxylation is 1. The maximum absolute atomic E-state index is 9.42. The molecule has 0 radical (unpaired) electrons. The Kier molecular flexibility index (Phi) is 5.54. The highest BCUT2D eigenvalue weighted by Gasteiger charge is 2.17. The van der Waals surface area contributed by atoms with Gasteiger partial charge in [-0.15, -0.1) is 0 Å². The van der Waals surface area contributed by atoms with Crippen LogP contribution in [0.5, 0.6) is 5.75 Å². The molecule has 0 N–H and O–H groups in total. The molecule has 2 aromatic rings. The second-order valence-electron chi connectivity index (χ2n) is 6.73. The first-order chi connectivity index (χ1) is 12.5. The van der Waals surface area contributed by atoms with Crippen molar-refractivity contribution in [1.29, 1.82) is 5.26 Å². The van der Waals surface area contributed by atoms with Gasteiger partial charge in [-0.2, -0.15) is 5.26 Å². The third-order valence-electron chi connectivity index (χ3n) is 4.48. The van der Waals surface area contributed by atoms with Crippen LogP contribution in [0.3, 0.4) is 0 Å². The van der Waals surface area contributed by atoms with Crippen LogP contribution in [0.1, 0.15) is 48.1 Å². The van der Waals surface area contributed by atoms with E-state index in [9.17, 15) is 5.26 Å². The monoisotopic (exact) mass is 361 g/mol. The van der Waals surface area contributed by atoms with Crippen LogP contribution in [0, 0.1) is 11.3 Å². The van der Waals surface area contributed by atoms with E-state index in [2.05, 4.69) is 37.4 Å². The Balaban J connectivity index is 1.79. The van der Waals surface area contributed by atoms with E-state index in [1.165, 1.54) is 23.1 Å². The average molecular weight is 362 g/mol. The lowest BCUT2D eigenvalue weighted by atomic mass is 10.0. The zero-order valence-electron chi connectivity index (χ0n) is 15.3. The van der Waals surface area contributed by atoms with Crippen molar-refractivity contribution in [2.75, 3.05) is 0 Å². The molecule has 0 spiro atoms. The van der Waals surface area contributed by atoms with Gasteiger partial charge in [0.2, 0.25) is 0 Å². The van der Waals surface area contributed by atoms with E-state index < -0.39 is 0 Å². The molecule has 0 atom stereocenters. The molecule has 3 heteroatoms. The van der Waals surface area contributed by atoms with Crippen LogP contribution in [0.15, 0.2) is 49.6 Å². The van der Waals surface area contributed by atoms with Gasteiger partial charge in [-0.05, 0) is 67.5 Å². The molecule has 0 amide bonds. The van der Waals surface area contributed by atoms with Crippen LogP contribution in [0.25, 0.3) is 9.81 Å². The first-order valence-corrected chi connectivity index (χ1v) is 9.69. The van der Waals surface area contributed by atoms with Gasteiger partial charge in [-0.1, -0.05) is 49.2 Å². The van der Waals surface area contributed by atoms with Crippen LogP contribution < -0.4 is 4.74 Å². The van der Waals surface area contributed by atoms with Crippen molar-refractivity contribution in [2.24, 2.45) is 0 Å². The second kappa shape index (κ2) is 7.85. The molecule has 0 saturated carbocycles. The van der Waals surface area contributed by atoms with E-state index in [-0.39, 0.29) is 6.10 Å². The highest BCUT2D eigenvalue weighted by atomic mass is 32.2. The van der Waals surface area contributed by atoms with Crippen LogP contribution in [-0.2, 0) is 12.8 Å². The molecule has 2 nitrogen and oxygen atoms in total. The minimum atomic E-state index is 0.0329.